The molecule has 1 nitrogen and oxygen atoms in total. The standard InChI is InChI=1S/C10H4Cl2F3N/c11-5-1-2-8-6(3-5)9(12)7(4-16-8)10(13,14)15/h1-4H. The van der Waals surface area contributed by atoms with Crippen molar-refractivity contribution in [2.24, 2.45) is 0 Å². The molecule has 1 aromatic carbocycles. The van der Waals surface area contributed by atoms with Crippen LogP contribution in [0.3, 0.4) is 0 Å². The minimum absolute atomic E-state index is 0.198. The average Bonchev–Trinajstić information content (AvgIpc) is 2.17. The molecule has 0 saturated carbocycles. The Labute approximate surface area is 98.8 Å². The van der Waals surface area contributed by atoms with E-state index in [4.69, 9.17) is 23.2 Å². The number of hydrogen-bond donors (Lipinski definition) is 0. The summed E-state index contributed by atoms with van der Waals surface area (Å²) in [5, 5.41) is 0.138. The third-order valence-corrected chi connectivity index (χ3v) is 2.71. The van der Waals surface area contributed by atoms with Gasteiger partial charge in [0.1, 0.15) is 0 Å². The quantitative estimate of drug-likeness (QED) is 0.681. The van der Waals surface area contributed by atoms with Crippen molar-refractivity contribution >= 4 is 34.1 Å². The Kier molecular flexibility index (Phi) is 2.72. The van der Waals surface area contributed by atoms with Gasteiger partial charge in [0, 0.05) is 16.6 Å². The Balaban J connectivity index is 2.78. The Bertz CT molecular complexity index is 551. The maximum atomic E-state index is 12.5. The second-order valence-electron chi connectivity index (χ2n) is 3.15. The van der Waals surface area contributed by atoms with E-state index in [0.717, 1.165) is 6.20 Å². The van der Waals surface area contributed by atoms with Crippen LogP contribution in [0.4, 0.5) is 13.2 Å². The van der Waals surface area contributed by atoms with Gasteiger partial charge in [0.15, 0.2) is 0 Å². The largest absolute Gasteiger partial charge is 0.419 e. The van der Waals surface area contributed by atoms with Crippen LogP contribution >= 0.6 is 23.2 Å². The zero-order chi connectivity index (χ0) is 11.9. The van der Waals surface area contributed by atoms with E-state index in [1.807, 2.05) is 0 Å². The van der Waals surface area contributed by atoms with Crippen LogP contribution in [0.25, 0.3) is 10.9 Å². The molecule has 16 heavy (non-hydrogen) atoms. The van der Waals surface area contributed by atoms with E-state index in [2.05, 4.69) is 4.98 Å². The van der Waals surface area contributed by atoms with Crippen molar-refractivity contribution in [3.05, 3.63) is 40.0 Å². The van der Waals surface area contributed by atoms with E-state index < -0.39 is 11.7 Å². The highest BCUT2D eigenvalue weighted by Gasteiger charge is 2.34. The maximum absolute atomic E-state index is 12.5. The molecule has 0 fully saturated rings. The van der Waals surface area contributed by atoms with Crippen molar-refractivity contribution in [2.75, 3.05) is 0 Å². The second kappa shape index (κ2) is 3.79. The highest BCUT2D eigenvalue weighted by Crippen LogP contribution is 2.37. The molecule has 0 spiro atoms. The lowest BCUT2D eigenvalue weighted by molar-refractivity contribution is -0.137. The van der Waals surface area contributed by atoms with E-state index in [1.165, 1.54) is 12.1 Å². The number of fused-ring (bicyclic) bond motifs is 1. The van der Waals surface area contributed by atoms with Crippen molar-refractivity contribution in [1.82, 2.24) is 4.98 Å². The maximum Gasteiger partial charge on any atom is 0.419 e. The smallest absolute Gasteiger partial charge is 0.256 e. The molecule has 0 unspecified atom stereocenters. The minimum atomic E-state index is -4.51. The summed E-state index contributed by atoms with van der Waals surface area (Å²) in [5.74, 6) is 0. The molecule has 0 aliphatic rings. The van der Waals surface area contributed by atoms with E-state index >= 15 is 0 Å². The lowest BCUT2D eigenvalue weighted by Crippen LogP contribution is -2.06. The summed E-state index contributed by atoms with van der Waals surface area (Å²) in [6.07, 6.45) is -3.79. The first kappa shape index (κ1) is 11.5. The number of hydrogen-bond acceptors (Lipinski definition) is 1. The number of alkyl halides is 3. The van der Waals surface area contributed by atoms with Crippen molar-refractivity contribution in [2.45, 2.75) is 6.18 Å². The third-order valence-electron chi connectivity index (χ3n) is 2.07. The monoisotopic (exact) mass is 265 g/mol. The summed E-state index contributed by atoms with van der Waals surface area (Å²) < 4.78 is 37.6. The fourth-order valence-electron chi connectivity index (χ4n) is 1.33. The lowest BCUT2D eigenvalue weighted by atomic mass is 10.1. The van der Waals surface area contributed by atoms with E-state index in [9.17, 15) is 13.2 Å². The van der Waals surface area contributed by atoms with Crippen molar-refractivity contribution in [3.8, 4) is 0 Å². The molecule has 0 amide bonds. The van der Waals surface area contributed by atoms with E-state index in [0.29, 0.717) is 10.5 Å². The SMILES string of the molecule is FC(F)(F)c1cnc2ccc(Cl)cc2c1Cl. The minimum Gasteiger partial charge on any atom is -0.256 e. The number of aromatic nitrogens is 1. The van der Waals surface area contributed by atoms with Gasteiger partial charge in [0.2, 0.25) is 0 Å². The molecule has 0 aliphatic carbocycles. The van der Waals surface area contributed by atoms with Gasteiger partial charge < -0.3 is 0 Å². The molecule has 0 atom stereocenters. The molecular formula is C10H4Cl2F3N. The van der Waals surface area contributed by atoms with Crippen LogP contribution in [0.5, 0.6) is 0 Å². The highest BCUT2D eigenvalue weighted by molar-refractivity contribution is 6.37. The van der Waals surface area contributed by atoms with Crippen molar-refractivity contribution < 1.29 is 13.2 Å². The summed E-state index contributed by atoms with van der Waals surface area (Å²) in [5.41, 5.74) is -0.577. The van der Waals surface area contributed by atoms with Crippen LogP contribution in [-0.4, -0.2) is 4.98 Å². The van der Waals surface area contributed by atoms with Gasteiger partial charge in [-0.05, 0) is 18.2 Å². The Hall–Kier alpha value is -1.000. The van der Waals surface area contributed by atoms with E-state index in [-0.39, 0.29) is 10.4 Å². The van der Waals surface area contributed by atoms with Gasteiger partial charge in [-0.3, -0.25) is 4.98 Å². The molecule has 6 heteroatoms. The lowest BCUT2D eigenvalue weighted by Gasteiger charge is -2.10. The van der Waals surface area contributed by atoms with E-state index in [1.54, 1.807) is 6.07 Å². The molecule has 2 rings (SSSR count). The van der Waals surface area contributed by atoms with Gasteiger partial charge in [-0.1, -0.05) is 23.2 Å². The van der Waals surface area contributed by atoms with Gasteiger partial charge in [0.25, 0.3) is 0 Å². The average molecular weight is 266 g/mol. The normalized spacial score (nSPS) is 12.1. The molecule has 1 heterocycles. The first-order valence-corrected chi connectivity index (χ1v) is 4.96. The first-order valence-electron chi connectivity index (χ1n) is 4.20. The molecule has 0 aliphatic heterocycles. The fourth-order valence-corrected chi connectivity index (χ4v) is 1.81. The molecule has 84 valence electrons. The molecule has 0 saturated heterocycles. The van der Waals surface area contributed by atoms with Crippen LogP contribution in [0.1, 0.15) is 5.56 Å². The summed E-state index contributed by atoms with van der Waals surface area (Å²) in [7, 11) is 0. The summed E-state index contributed by atoms with van der Waals surface area (Å²) in [4.78, 5) is 3.69. The number of pyridine rings is 1. The van der Waals surface area contributed by atoms with Gasteiger partial charge >= 0.3 is 6.18 Å². The van der Waals surface area contributed by atoms with Crippen molar-refractivity contribution in [1.29, 1.82) is 0 Å². The van der Waals surface area contributed by atoms with Crippen LogP contribution in [0.2, 0.25) is 10.0 Å². The van der Waals surface area contributed by atoms with Crippen LogP contribution in [0.15, 0.2) is 24.4 Å². The van der Waals surface area contributed by atoms with Gasteiger partial charge in [-0.15, -0.1) is 0 Å². The summed E-state index contributed by atoms with van der Waals surface area (Å²) >= 11 is 11.4. The molecule has 0 N–H and O–H groups in total. The number of rotatable bonds is 0. The zero-order valence-electron chi connectivity index (χ0n) is 7.65. The predicted molar refractivity (Wildman–Crippen MR) is 56.8 cm³/mol. The number of benzene rings is 1. The van der Waals surface area contributed by atoms with Gasteiger partial charge in [0.05, 0.1) is 16.1 Å². The Morgan fingerprint density at radius 2 is 1.81 bits per heavy atom. The topological polar surface area (TPSA) is 12.9 Å². The molecule has 0 radical (unpaired) electrons. The summed E-state index contributed by atoms with van der Waals surface area (Å²) in [6, 6.07) is 4.42. The molecule has 0 bridgehead atoms. The van der Waals surface area contributed by atoms with Gasteiger partial charge in [-0.25, -0.2) is 0 Å². The number of halogens is 5. The predicted octanol–water partition coefficient (Wildman–Crippen LogP) is 4.56. The highest BCUT2D eigenvalue weighted by atomic mass is 35.5. The fraction of sp³-hybridized carbons (Fsp3) is 0.100. The van der Waals surface area contributed by atoms with Crippen LogP contribution in [-0.2, 0) is 6.18 Å². The molecule has 2 aromatic rings. The van der Waals surface area contributed by atoms with Crippen LogP contribution in [0, 0.1) is 0 Å². The van der Waals surface area contributed by atoms with Gasteiger partial charge in [-0.2, -0.15) is 13.2 Å². The van der Waals surface area contributed by atoms with Crippen LogP contribution < -0.4 is 0 Å². The third kappa shape index (κ3) is 1.95. The summed E-state index contributed by atoms with van der Waals surface area (Å²) in [6.45, 7) is 0. The number of nitrogens with zero attached hydrogens (tertiary/aromatic N) is 1. The Morgan fingerprint density at radius 1 is 1.12 bits per heavy atom. The second-order valence-corrected chi connectivity index (χ2v) is 3.96. The molecular weight excluding hydrogens is 262 g/mol. The van der Waals surface area contributed by atoms with Crippen molar-refractivity contribution in [3.63, 3.8) is 0 Å². The first-order chi connectivity index (χ1) is 7.39. The Morgan fingerprint density at radius 3 is 2.44 bits per heavy atom. The molecule has 1 aromatic heterocycles. The zero-order valence-corrected chi connectivity index (χ0v) is 9.16.